The number of rotatable bonds is 2. The average molecular weight is 238 g/mol. The highest BCUT2D eigenvalue weighted by Crippen LogP contribution is 2.26. The minimum atomic E-state index is -0.613. The molecule has 2 aromatic rings. The Labute approximate surface area is 97.1 Å². The Bertz CT molecular complexity index is 459. The number of pyridine rings is 2. The summed E-state index contributed by atoms with van der Waals surface area (Å²) >= 11 is 5.94. The van der Waals surface area contributed by atoms with E-state index in [1.165, 1.54) is 18.5 Å². The Balaban J connectivity index is 2.44. The molecule has 0 spiro atoms. The van der Waals surface area contributed by atoms with Crippen molar-refractivity contribution in [3.8, 4) is 0 Å². The molecule has 16 heavy (non-hydrogen) atoms. The fraction of sp³-hybridized carbons (Fsp3) is 0.0909. The molecule has 0 radical (unpaired) electrons. The van der Waals surface area contributed by atoms with Gasteiger partial charge in [0.15, 0.2) is 0 Å². The predicted octanol–water partition coefficient (Wildman–Crippen LogP) is 2.32. The number of nitrogens with two attached hydrogens (primary N) is 1. The van der Waals surface area contributed by atoms with Gasteiger partial charge in [-0.1, -0.05) is 11.6 Å². The van der Waals surface area contributed by atoms with Crippen molar-refractivity contribution in [3.63, 3.8) is 0 Å². The van der Waals surface area contributed by atoms with Crippen molar-refractivity contribution in [2.24, 2.45) is 5.73 Å². The van der Waals surface area contributed by atoms with E-state index in [0.717, 1.165) is 6.20 Å². The van der Waals surface area contributed by atoms with Crippen molar-refractivity contribution in [1.29, 1.82) is 0 Å². The highest BCUT2D eigenvalue weighted by atomic mass is 35.5. The van der Waals surface area contributed by atoms with Crippen LogP contribution >= 0.6 is 11.6 Å². The summed E-state index contributed by atoms with van der Waals surface area (Å²) in [4.78, 5) is 7.52. The topological polar surface area (TPSA) is 51.8 Å². The molecule has 2 rings (SSSR count). The van der Waals surface area contributed by atoms with Gasteiger partial charge in [0.2, 0.25) is 0 Å². The number of hydrogen-bond donors (Lipinski definition) is 1. The summed E-state index contributed by atoms with van der Waals surface area (Å²) in [5.41, 5.74) is 6.94. The monoisotopic (exact) mass is 237 g/mol. The number of halogens is 2. The third-order valence-electron chi connectivity index (χ3n) is 2.28. The summed E-state index contributed by atoms with van der Waals surface area (Å²) in [6.07, 6.45) is 5.67. The molecule has 0 aliphatic rings. The molecule has 2 heterocycles. The highest BCUT2D eigenvalue weighted by Gasteiger charge is 2.15. The lowest BCUT2D eigenvalue weighted by atomic mass is 10.0. The number of hydrogen-bond acceptors (Lipinski definition) is 3. The zero-order valence-electron chi connectivity index (χ0n) is 8.27. The van der Waals surface area contributed by atoms with Crippen LogP contribution in [-0.4, -0.2) is 9.97 Å². The molecule has 0 saturated carbocycles. The van der Waals surface area contributed by atoms with Crippen LogP contribution in [0.3, 0.4) is 0 Å². The van der Waals surface area contributed by atoms with Gasteiger partial charge in [0.25, 0.3) is 0 Å². The van der Waals surface area contributed by atoms with Crippen molar-refractivity contribution >= 4 is 11.6 Å². The summed E-state index contributed by atoms with van der Waals surface area (Å²) in [5.74, 6) is -0.442. The molecule has 0 aromatic carbocycles. The third kappa shape index (κ3) is 2.03. The van der Waals surface area contributed by atoms with E-state index in [0.29, 0.717) is 16.1 Å². The molecule has 0 amide bonds. The highest BCUT2D eigenvalue weighted by molar-refractivity contribution is 6.31. The first-order chi connectivity index (χ1) is 7.70. The van der Waals surface area contributed by atoms with E-state index in [4.69, 9.17) is 17.3 Å². The maximum absolute atomic E-state index is 13.5. The molecule has 0 bridgehead atoms. The van der Waals surface area contributed by atoms with Crippen LogP contribution in [0, 0.1) is 5.82 Å². The van der Waals surface area contributed by atoms with Gasteiger partial charge in [0.05, 0.1) is 17.3 Å². The lowest BCUT2D eigenvalue weighted by Crippen LogP contribution is -2.14. The van der Waals surface area contributed by atoms with E-state index in [-0.39, 0.29) is 0 Å². The zero-order chi connectivity index (χ0) is 11.5. The summed E-state index contributed by atoms with van der Waals surface area (Å²) < 4.78 is 13.5. The summed E-state index contributed by atoms with van der Waals surface area (Å²) in [6, 6.07) is 2.60. The van der Waals surface area contributed by atoms with Crippen LogP contribution < -0.4 is 5.73 Å². The first kappa shape index (κ1) is 11.0. The Morgan fingerprint density at radius 2 is 1.75 bits per heavy atom. The van der Waals surface area contributed by atoms with Crippen molar-refractivity contribution in [2.45, 2.75) is 6.04 Å². The molecule has 1 unspecified atom stereocenters. The van der Waals surface area contributed by atoms with Crippen LogP contribution in [0.1, 0.15) is 17.2 Å². The fourth-order valence-electron chi connectivity index (χ4n) is 1.44. The maximum atomic E-state index is 13.5. The van der Waals surface area contributed by atoms with Crippen LogP contribution in [0.25, 0.3) is 0 Å². The van der Waals surface area contributed by atoms with Gasteiger partial charge in [-0.05, 0) is 17.7 Å². The van der Waals surface area contributed by atoms with E-state index in [1.54, 1.807) is 12.3 Å². The minimum absolute atomic E-state index is 0.364. The van der Waals surface area contributed by atoms with E-state index < -0.39 is 11.9 Å². The summed E-state index contributed by atoms with van der Waals surface area (Å²) in [7, 11) is 0. The second-order valence-electron chi connectivity index (χ2n) is 3.27. The number of nitrogens with zero attached hydrogens (tertiary/aromatic N) is 2. The second-order valence-corrected chi connectivity index (χ2v) is 3.68. The third-order valence-corrected chi connectivity index (χ3v) is 2.59. The average Bonchev–Trinajstić information content (AvgIpc) is 2.29. The van der Waals surface area contributed by atoms with Gasteiger partial charge in [-0.25, -0.2) is 4.39 Å². The standard InChI is InChI=1S/C11H9ClFN3/c12-9-5-15-3-1-7(9)11(14)8-2-4-16-6-10(8)13/h1-6,11H,14H2. The fourth-order valence-corrected chi connectivity index (χ4v) is 1.68. The smallest absolute Gasteiger partial charge is 0.146 e. The molecule has 82 valence electrons. The molecular formula is C11H9ClFN3. The quantitative estimate of drug-likeness (QED) is 0.872. The predicted molar refractivity (Wildman–Crippen MR) is 59.5 cm³/mol. The van der Waals surface area contributed by atoms with Crippen LogP contribution in [0.15, 0.2) is 36.9 Å². The molecule has 0 saturated heterocycles. The van der Waals surface area contributed by atoms with Crippen LogP contribution in [0.4, 0.5) is 4.39 Å². The van der Waals surface area contributed by atoms with Gasteiger partial charge in [-0.3, -0.25) is 9.97 Å². The Kier molecular flexibility index (Phi) is 3.12. The molecule has 0 aliphatic heterocycles. The first-order valence-electron chi connectivity index (χ1n) is 4.64. The zero-order valence-corrected chi connectivity index (χ0v) is 9.03. The van der Waals surface area contributed by atoms with E-state index in [2.05, 4.69) is 9.97 Å². The van der Waals surface area contributed by atoms with Crippen LogP contribution in [-0.2, 0) is 0 Å². The molecule has 2 N–H and O–H groups in total. The Morgan fingerprint density at radius 3 is 2.38 bits per heavy atom. The van der Waals surface area contributed by atoms with Crippen molar-refractivity contribution in [2.75, 3.05) is 0 Å². The van der Waals surface area contributed by atoms with Gasteiger partial charge < -0.3 is 5.73 Å². The van der Waals surface area contributed by atoms with Crippen molar-refractivity contribution in [3.05, 3.63) is 58.9 Å². The molecule has 2 aromatic heterocycles. The summed E-state index contributed by atoms with van der Waals surface area (Å²) in [5, 5.41) is 0.422. The molecular weight excluding hydrogens is 229 g/mol. The van der Waals surface area contributed by atoms with Gasteiger partial charge in [0.1, 0.15) is 5.82 Å². The normalized spacial score (nSPS) is 12.4. The lowest BCUT2D eigenvalue weighted by Gasteiger charge is -2.13. The lowest BCUT2D eigenvalue weighted by molar-refractivity contribution is 0.593. The number of aromatic nitrogens is 2. The van der Waals surface area contributed by atoms with E-state index in [1.807, 2.05) is 0 Å². The molecule has 0 fully saturated rings. The van der Waals surface area contributed by atoms with Gasteiger partial charge in [0, 0.05) is 24.2 Å². The SMILES string of the molecule is NC(c1ccncc1F)c1ccncc1Cl. The second kappa shape index (κ2) is 4.55. The molecule has 3 nitrogen and oxygen atoms in total. The van der Waals surface area contributed by atoms with Gasteiger partial charge in [-0.2, -0.15) is 0 Å². The van der Waals surface area contributed by atoms with E-state index in [9.17, 15) is 4.39 Å². The van der Waals surface area contributed by atoms with Gasteiger partial charge in [-0.15, -0.1) is 0 Å². The van der Waals surface area contributed by atoms with Crippen LogP contribution in [0.5, 0.6) is 0 Å². The van der Waals surface area contributed by atoms with Crippen molar-refractivity contribution in [1.82, 2.24) is 9.97 Å². The van der Waals surface area contributed by atoms with Gasteiger partial charge >= 0.3 is 0 Å². The summed E-state index contributed by atoms with van der Waals surface area (Å²) in [6.45, 7) is 0. The molecule has 0 aliphatic carbocycles. The Morgan fingerprint density at radius 1 is 1.12 bits per heavy atom. The van der Waals surface area contributed by atoms with E-state index >= 15 is 0 Å². The maximum Gasteiger partial charge on any atom is 0.146 e. The molecule has 1 atom stereocenters. The molecule has 5 heteroatoms. The minimum Gasteiger partial charge on any atom is -0.320 e. The van der Waals surface area contributed by atoms with Crippen LogP contribution in [0.2, 0.25) is 5.02 Å². The Hall–Kier alpha value is -1.52. The first-order valence-corrected chi connectivity index (χ1v) is 5.02. The van der Waals surface area contributed by atoms with Crippen molar-refractivity contribution < 1.29 is 4.39 Å². The largest absolute Gasteiger partial charge is 0.320 e.